The summed E-state index contributed by atoms with van der Waals surface area (Å²) in [5.41, 5.74) is 1.26. The molecule has 0 fully saturated rings. The van der Waals surface area contributed by atoms with E-state index >= 15 is 0 Å². The summed E-state index contributed by atoms with van der Waals surface area (Å²) < 4.78 is 0. The molecule has 0 saturated carbocycles. The molecule has 0 amide bonds. The Labute approximate surface area is 85.6 Å². The van der Waals surface area contributed by atoms with Gasteiger partial charge in [-0.3, -0.25) is 0 Å². The van der Waals surface area contributed by atoms with Gasteiger partial charge in [0.25, 0.3) is 0 Å². The molecule has 14 heavy (non-hydrogen) atoms. The zero-order valence-electron chi connectivity index (χ0n) is 8.10. The second-order valence-corrected chi connectivity index (χ2v) is 2.98. The van der Waals surface area contributed by atoms with Gasteiger partial charge in [0, 0.05) is 0 Å². The first-order valence-corrected chi connectivity index (χ1v) is 4.40. The summed E-state index contributed by atoms with van der Waals surface area (Å²) >= 11 is 0. The van der Waals surface area contributed by atoms with Gasteiger partial charge < -0.3 is 4.79 Å². The zero-order valence-corrected chi connectivity index (χ0v) is 8.10. The highest BCUT2D eigenvalue weighted by atomic mass is 16.1. The summed E-state index contributed by atoms with van der Waals surface area (Å²) in [7, 11) is 5.07. The number of hydrogen-bond acceptors (Lipinski definition) is 1. The molecular weight excluding hydrogens is 171 g/mol. The number of allylic oxidation sites excluding steroid dienone is 3. The minimum absolute atomic E-state index is 0.386. The molecular formula is C12H11BO. The van der Waals surface area contributed by atoms with Gasteiger partial charge in [0.2, 0.25) is 0 Å². The van der Waals surface area contributed by atoms with Crippen LogP contribution in [0, 0.1) is 0 Å². The Balaban J connectivity index is 2.66. The lowest BCUT2D eigenvalue weighted by Gasteiger charge is -1.91. The molecule has 1 aromatic carbocycles. The van der Waals surface area contributed by atoms with Crippen LogP contribution in [0.5, 0.6) is 0 Å². The minimum atomic E-state index is -0.386. The number of rotatable bonds is 3. The maximum Gasteiger partial charge on any atom is 0.174 e. The van der Waals surface area contributed by atoms with Gasteiger partial charge in [-0.2, -0.15) is 0 Å². The zero-order chi connectivity index (χ0) is 10.4. The molecule has 2 radical (unpaired) electrons. The van der Waals surface area contributed by atoms with Crippen LogP contribution in [-0.4, -0.2) is 13.5 Å². The van der Waals surface area contributed by atoms with E-state index in [1.54, 1.807) is 13.0 Å². The van der Waals surface area contributed by atoms with E-state index in [0.29, 0.717) is 5.57 Å². The van der Waals surface area contributed by atoms with E-state index in [0.717, 1.165) is 5.56 Å². The average molecular weight is 182 g/mol. The maximum absolute atomic E-state index is 10.7. The molecule has 68 valence electrons. The fraction of sp³-hybridized carbons (Fsp3) is 0.0833. The molecule has 0 N–H and O–H groups in total. The Bertz CT molecular complexity index is 363. The summed E-state index contributed by atoms with van der Waals surface area (Å²) in [5, 5.41) is 0. The summed E-state index contributed by atoms with van der Waals surface area (Å²) in [5.74, 6) is 0. The van der Waals surface area contributed by atoms with Crippen molar-refractivity contribution < 1.29 is 4.79 Å². The van der Waals surface area contributed by atoms with E-state index in [-0.39, 0.29) is 5.68 Å². The van der Waals surface area contributed by atoms with E-state index in [1.807, 2.05) is 42.5 Å². The van der Waals surface area contributed by atoms with E-state index in [9.17, 15) is 4.79 Å². The molecule has 1 rings (SSSR count). The fourth-order valence-corrected chi connectivity index (χ4v) is 0.950. The smallest absolute Gasteiger partial charge is 0.174 e. The van der Waals surface area contributed by atoms with Crippen LogP contribution >= 0.6 is 0 Å². The highest BCUT2D eigenvalue weighted by Gasteiger charge is 1.91. The normalized spacial score (nSPS) is 11.9. The predicted octanol–water partition coefficient (Wildman–Crippen LogP) is 2.34. The summed E-state index contributed by atoms with van der Waals surface area (Å²) in [6, 6.07) is 9.87. The van der Waals surface area contributed by atoms with E-state index in [1.165, 1.54) is 0 Å². The molecule has 0 atom stereocenters. The summed E-state index contributed by atoms with van der Waals surface area (Å²) in [6.07, 6.45) is 5.44. The second-order valence-electron chi connectivity index (χ2n) is 2.98. The topological polar surface area (TPSA) is 17.1 Å². The van der Waals surface area contributed by atoms with Crippen molar-refractivity contribution in [3.05, 3.63) is 53.6 Å². The highest BCUT2D eigenvalue weighted by molar-refractivity contribution is 6.62. The standard InChI is InChI=1S/C12H11BO/c1-10(12(13)14)6-5-9-11-7-3-2-4-8-11/h2-9H,1H3. The van der Waals surface area contributed by atoms with Crippen LogP contribution in [0.15, 0.2) is 48.1 Å². The van der Waals surface area contributed by atoms with Crippen LogP contribution in [0.25, 0.3) is 6.08 Å². The minimum Gasteiger partial charge on any atom is -0.308 e. The first-order valence-electron chi connectivity index (χ1n) is 4.40. The molecule has 0 aliphatic heterocycles. The Morgan fingerprint density at radius 1 is 1.29 bits per heavy atom. The van der Waals surface area contributed by atoms with Gasteiger partial charge in [-0.25, -0.2) is 0 Å². The number of hydrogen-bond donors (Lipinski definition) is 0. The van der Waals surface area contributed by atoms with Crippen LogP contribution < -0.4 is 0 Å². The number of carbonyl (C=O) groups excluding carboxylic acids is 1. The third-order valence-electron chi connectivity index (χ3n) is 1.82. The van der Waals surface area contributed by atoms with Crippen LogP contribution in [-0.2, 0) is 4.79 Å². The van der Waals surface area contributed by atoms with Crippen molar-refractivity contribution in [3.8, 4) is 0 Å². The van der Waals surface area contributed by atoms with Crippen molar-refractivity contribution in [2.75, 3.05) is 0 Å². The third-order valence-corrected chi connectivity index (χ3v) is 1.82. The van der Waals surface area contributed by atoms with Gasteiger partial charge in [0.1, 0.15) is 5.68 Å². The monoisotopic (exact) mass is 182 g/mol. The number of carbonyl (C=O) groups is 1. The third kappa shape index (κ3) is 3.44. The maximum atomic E-state index is 10.7. The lowest BCUT2D eigenvalue weighted by molar-refractivity contribution is -0.108. The number of benzene rings is 1. The van der Waals surface area contributed by atoms with Gasteiger partial charge >= 0.3 is 0 Å². The lowest BCUT2D eigenvalue weighted by atomic mass is 9.95. The molecule has 1 nitrogen and oxygen atoms in total. The molecule has 0 aliphatic rings. The molecule has 0 spiro atoms. The van der Waals surface area contributed by atoms with Crippen molar-refractivity contribution >= 4 is 19.6 Å². The molecule has 1 aromatic rings. The highest BCUT2D eigenvalue weighted by Crippen LogP contribution is 2.02. The summed E-state index contributed by atoms with van der Waals surface area (Å²) in [4.78, 5) is 10.7. The second kappa shape index (κ2) is 5.23. The van der Waals surface area contributed by atoms with Gasteiger partial charge in [0.05, 0.1) is 0 Å². The van der Waals surface area contributed by atoms with Gasteiger partial charge in [-0.15, -0.1) is 0 Å². The first kappa shape index (κ1) is 10.5. The van der Waals surface area contributed by atoms with Crippen molar-refractivity contribution in [3.63, 3.8) is 0 Å². The SMILES string of the molecule is [B]C(=O)C(C)=CC=Cc1ccccc1. The molecule has 0 bridgehead atoms. The first-order chi connectivity index (χ1) is 6.70. The van der Waals surface area contributed by atoms with Crippen LogP contribution in [0.2, 0.25) is 0 Å². The molecule has 0 aliphatic carbocycles. The predicted molar refractivity (Wildman–Crippen MR) is 60.0 cm³/mol. The molecule has 2 heteroatoms. The van der Waals surface area contributed by atoms with Gasteiger partial charge in [0.15, 0.2) is 7.85 Å². The Kier molecular flexibility index (Phi) is 3.93. The molecule has 0 heterocycles. The van der Waals surface area contributed by atoms with E-state index in [2.05, 4.69) is 0 Å². The van der Waals surface area contributed by atoms with Crippen molar-refractivity contribution in [1.29, 1.82) is 0 Å². The van der Waals surface area contributed by atoms with E-state index < -0.39 is 0 Å². The fourth-order valence-electron chi connectivity index (χ4n) is 0.950. The quantitative estimate of drug-likeness (QED) is 0.398. The van der Waals surface area contributed by atoms with E-state index in [4.69, 9.17) is 7.85 Å². The van der Waals surface area contributed by atoms with Crippen molar-refractivity contribution in [2.45, 2.75) is 6.92 Å². The van der Waals surface area contributed by atoms with Crippen molar-refractivity contribution in [2.24, 2.45) is 0 Å². The van der Waals surface area contributed by atoms with Gasteiger partial charge in [-0.05, 0) is 18.1 Å². The summed E-state index contributed by atoms with van der Waals surface area (Å²) in [6.45, 7) is 1.69. The van der Waals surface area contributed by atoms with Crippen molar-refractivity contribution in [1.82, 2.24) is 0 Å². The largest absolute Gasteiger partial charge is 0.308 e. The Morgan fingerprint density at radius 3 is 2.50 bits per heavy atom. The van der Waals surface area contributed by atoms with Crippen LogP contribution in [0.1, 0.15) is 12.5 Å². The average Bonchev–Trinajstić information content (AvgIpc) is 2.19. The molecule has 0 aromatic heterocycles. The van der Waals surface area contributed by atoms with Crippen LogP contribution in [0.3, 0.4) is 0 Å². The lowest BCUT2D eigenvalue weighted by Crippen LogP contribution is -1.95. The molecule has 0 saturated heterocycles. The Hall–Kier alpha value is -1.57. The molecule has 0 unspecified atom stereocenters. The Morgan fingerprint density at radius 2 is 1.93 bits per heavy atom. The van der Waals surface area contributed by atoms with Gasteiger partial charge in [-0.1, -0.05) is 48.6 Å². The van der Waals surface area contributed by atoms with Crippen LogP contribution in [0.4, 0.5) is 0 Å².